The molecule has 0 saturated heterocycles. The smallest absolute Gasteiger partial charge is 0.141 e. The van der Waals surface area contributed by atoms with Gasteiger partial charge in [0, 0.05) is 32.9 Å². The molecular weight excluding hydrogens is 683 g/mol. The van der Waals surface area contributed by atoms with Gasteiger partial charge in [0.05, 0.1) is 22.1 Å². The fourth-order valence-electron chi connectivity index (χ4n) is 9.79. The number of fused-ring (bicyclic) bond motifs is 9. The first-order chi connectivity index (χ1) is 27.9. The van der Waals surface area contributed by atoms with E-state index in [1.54, 1.807) is 0 Å². The fourth-order valence-corrected chi connectivity index (χ4v) is 9.79. The number of hydrogen-bond acceptors (Lipinski definition) is 0. The van der Waals surface area contributed by atoms with E-state index in [4.69, 9.17) is 0 Å². The van der Waals surface area contributed by atoms with Crippen LogP contribution in [-0.2, 0) is 0 Å². The van der Waals surface area contributed by atoms with Crippen molar-refractivity contribution in [2.45, 2.75) is 0 Å². The molecule has 0 amide bonds. The minimum atomic E-state index is 1.15. The Balaban J connectivity index is 1.17. The molecule has 0 bridgehead atoms. The molecular formula is C50H37B5N2. The van der Waals surface area contributed by atoms with Crippen LogP contribution in [0.5, 0.6) is 0 Å². The highest BCUT2D eigenvalue weighted by molar-refractivity contribution is 6.68. The molecule has 7 heteroatoms. The summed E-state index contributed by atoms with van der Waals surface area (Å²) in [7, 11) is 11.4. The molecule has 0 spiro atoms. The molecule has 0 fully saturated rings. The number of aromatic nitrogens is 2. The molecule has 0 atom stereocenters. The van der Waals surface area contributed by atoms with E-state index in [1.165, 1.54) is 120 Å². The Kier molecular flexibility index (Phi) is 7.53. The van der Waals surface area contributed by atoms with Gasteiger partial charge in [0.25, 0.3) is 0 Å². The molecule has 0 unspecified atom stereocenters. The van der Waals surface area contributed by atoms with E-state index in [2.05, 4.69) is 212 Å². The van der Waals surface area contributed by atoms with Gasteiger partial charge in [-0.1, -0.05) is 149 Å². The Labute approximate surface area is 336 Å². The van der Waals surface area contributed by atoms with Crippen LogP contribution in [0.15, 0.2) is 164 Å². The number of benzene rings is 9. The fraction of sp³-hybridized carbons (Fsp3) is 0. The van der Waals surface area contributed by atoms with Crippen molar-refractivity contribution in [1.29, 1.82) is 0 Å². The summed E-state index contributed by atoms with van der Waals surface area (Å²) in [5, 5.41) is 10.2. The second-order valence-corrected chi connectivity index (χ2v) is 15.8. The molecule has 9 aromatic carbocycles. The van der Waals surface area contributed by atoms with Crippen molar-refractivity contribution in [1.82, 2.24) is 9.13 Å². The summed E-state index contributed by atoms with van der Waals surface area (Å²) in [4.78, 5) is 0. The SMILES string of the molecule is Bc1c(B)c(B)c(-n2c3cc4c(cc3c3c5ccccc5ccc32)c2ccccc2n4-c2ccc(-c3ccc(-c4ccccc4)c4ccccc34)cc2)c(B)c1B. The predicted octanol–water partition coefficient (Wildman–Crippen LogP) is 4.81. The van der Waals surface area contributed by atoms with E-state index >= 15 is 0 Å². The maximum Gasteiger partial charge on any atom is 0.141 e. The van der Waals surface area contributed by atoms with E-state index in [-0.39, 0.29) is 0 Å². The average molecular weight is 720 g/mol. The lowest BCUT2D eigenvalue weighted by molar-refractivity contribution is 1.17. The van der Waals surface area contributed by atoms with E-state index < -0.39 is 0 Å². The van der Waals surface area contributed by atoms with Crippen LogP contribution in [0.4, 0.5) is 0 Å². The van der Waals surface area contributed by atoms with Crippen LogP contribution in [-0.4, -0.2) is 48.4 Å². The second kappa shape index (κ2) is 12.7. The molecule has 0 saturated carbocycles. The molecule has 57 heavy (non-hydrogen) atoms. The van der Waals surface area contributed by atoms with Gasteiger partial charge in [0.15, 0.2) is 0 Å². The summed E-state index contributed by atoms with van der Waals surface area (Å²) in [6, 6.07) is 60.6. The van der Waals surface area contributed by atoms with Gasteiger partial charge in [-0.05, 0) is 80.2 Å². The van der Waals surface area contributed by atoms with Crippen LogP contribution < -0.4 is 27.3 Å². The van der Waals surface area contributed by atoms with Gasteiger partial charge in [-0.3, -0.25) is 0 Å². The minimum Gasteiger partial charge on any atom is -0.310 e. The summed E-state index contributed by atoms with van der Waals surface area (Å²) in [5.74, 6) is 0. The van der Waals surface area contributed by atoms with Crippen LogP contribution in [0.3, 0.4) is 0 Å². The largest absolute Gasteiger partial charge is 0.310 e. The van der Waals surface area contributed by atoms with Gasteiger partial charge in [0.2, 0.25) is 0 Å². The summed E-state index contributed by atoms with van der Waals surface area (Å²) in [5.41, 5.74) is 19.1. The van der Waals surface area contributed by atoms with Gasteiger partial charge < -0.3 is 9.13 Å². The highest BCUT2D eigenvalue weighted by Crippen LogP contribution is 2.42. The van der Waals surface area contributed by atoms with Crippen molar-refractivity contribution in [3.8, 4) is 33.6 Å². The number of hydrogen-bond donors (Lipinski definition) is 0. The molecule has 0 N–H and O–H groups in total. The van der Waals surface area contributed by atoms with Gasteiger partial charge in [-0.25, -0.2) is 0 Å². The van der Waals surface area contributed by atoms with Crippen molar-refractivity contribution in [2.24, 2.45) is 0 Å². The van der Waals surface area contributed by atoms with Crippen molar-refractivity contribution < 1.29 is 0 Å². The third-order valence-electron chi connectivity index (χ3n) is 13.1. The predicted molar refractivity (Wildman–Crippen MR) is 262 cm³/mol. The summed E-state index contributed by atoms with van der Waals surface area (Å²) in [6.07, 6.45) is 0. The quantitative estimate of drug-likeness (QED) is 0.231. The summed E-state index contributed by atoms with van der Waals surface area (Å²) < 4.78 is 5.03. The van der Waals surface area contributed by atoms with Crippen LogP contribution in [0.1, 0.15) is 0 Å². The monoisotopic (exact) mass is 720 g/mol. The van der Waals surface area contributed by atoms with E-state index in [0.717, 1.165) is 5.69 Å². The molecule has 11 aromatic rings. The standard InChI is InChI=1S/C50H37B5N2/c51-45-46(52)48(54)50(49(55)47(45)53)57-41-25-20-29-12-4-5-13-34(29)44(41)39-26-38-37-16-8-9-17-40(37)56(42(38)27-43(39)57)31-21-18-30(19-22-31)33-24-23-32(28-10-2-1-3-11-28)35-14-6-7-15-36(33)35/h1-27H,51-55H2. The van der Waals surface area contributed by atoms with Crippen molar-refractivity contribution in [2.75, 3.05) is 0 Å². The first-order valence-corrected chi connectivity index (χ1v) is 20.0. The highest BCUT2D eigenvalue weighted by Gasteiger charge is 2.23. The normalized spacial score (nSPS) is 11.9. The second-order valence-electron chi connectivity index (χ2n) is 15.8. The third-order valence-corrected chi connectivity index (χ3v) is 13.1. The average Bonchev–Trinajstić information content (AvgIpc) is 3.76. The first kappa shape index (κ1) is 33.7. The first-order valence-electron chi connectivity index (χ1n) is 20.0. The zero-order valence-corrected chi connectivity index (χ0v) is 33.0. The van der Waals surface area contributed by atoms with Gasteiger partial charge in [-0.15, -0.1) is 5.46 Å². The molecule has 0 aliphatic rings. The van der Waals surface area contributed by atoms with Gasteiger partial charge in [0.1, 0.15) is 39.2 Å². The maximum atomic E-state index is 2.57. The molecule has 0 aliphatic carbocycles. The lowest BCUT2D eigenvalue weighted by atomic mass is 9.61. The maximum absolute atomic E-state index is 2.57. The van der Waals surface area contributed by atoms with E-state index in [1.807, 2.05) is 0 Å². The number of rotatable bonds is 4. The Morgan fingerprint density at radius 1 is 0.316 bits per heavy atom. The molecule has 2 heterocycles. The highest BCUT2D eigenvalue weighted by atomic mass is 15.0. The van der Waals surface area contributed by atoms with E-state index in [9.17, 15) is 0 Å². The summed E-state index contributed by atoms with van der Waals surface area (Å²) in [6.45, 7) is 0. The number of nitrogens with zero attached hydrogens (tertiary/aromatic N) is 2. The van der Waals surface area contributed by atoms with Crippen LogP contribution in [0.25, 0.3) is 98.8 Å². The minimum absolute atomic E-state index is 1.15. The molecule has 2 aromatic heterocycles. The Bertz CT molecular complexity index is 3430. The Hall–Kier alpha value is -6.58. The van der Waals surface area contributed by atoms with Crippen molar-refractivity contribution in [3.05, 3.63) is 164 Å². The van der Waals surface area contributed by atoms with Crippen LogP contribution >= 0.6 is 0 Å². The zero-order chi connectivity index (χ0) is 38.5. The Morgan fingerprint density at radius 2 is 0.860 bits per heavy atom. The molecule has 0 radical (unpaired) electrons. The lowest BCUT2D eigenvalue weighted by Gasteiger charge is -2.22. The van der Waals surface area contributed by atoms with Crippen LogP contribution in [0.2, 0.25) is 0 Å². The van der Waals surface area contributed by atoms with Crippen LogP contribution in [0, 0.1) is 0 Å². The van der Waals surface area contributed by atoms with Gasteiger partial charge in [-0.2, -0.15) is 0 Å². The lowest BCUT2D eigenvalue weighted by Crippen LogP contribution is -2.56. The Morgan fingerprint density at radius 3 is 1.54 bits per heavy atom. The van der Waals surface area contributed by atoms with Crippen molar-refractivity contribution in [3.63, 3.8) is 0 Å². The molecule has 262 valence electrons. The van der Waals surface area contributed by atoms with E-state index in [0.29, 0.717) is 0 Å². The van der Waals surface area contributed by atoms with Crippen molar-refractivity contribution >= 4 is 132 Å². The number of para-hydroxylation sites is 1. The molecule has 0 aliphatic heterocycles. The molecule has 2 nitrogen and oxygen atoms in total. The molecule has 11 rings (SSSR count). The zero-order valence-electron chi connectivity index (χ0n) is 33.0. The topological polar surface area (TPSA) is 9.86 Å². The third kappa shape index (κ3) is 4.91. The van der Waals surface area contributed by atoms with Gasteiger partial charge >= 0.3 is 0 Å². The summed E-state index contributed by atoms with van der Waals surface area (Å²) >= 11 is 0.